The number of ether oxygens (including phenoxy) is 1. The van der Waals surface area contributed by atoms with Gasteiger partial charge in [0.2, 0.25) is 5.91 Å². The lowest BCUT2D eigenvalue weighted by atomic mass is 9.99. The third-order valence-corrected chi connectivity index (χ3v) is 3.27. The maximum atomic E-state index is 13.1. The SMILES string of the molecule is CC[C@H](C)[C@@H](NC(=O)Cc1cc(F)cc(F)c1)C(=O)OC. The maximum absolute atomic E-state index is 13.1. The Morgan fingerprint density at radius 2 is 1.81 bits per heavy atom. The first-order valence-corrected chi connectivity index (χ1v) is 6.69. The predicted octanol–water partition coefficient (Wildman–Crippen LogP) is 2.21. The van der Waals surface area contributed by atoms with Crippen LogP contribution >= 0.6 is 0 Å². The first-order chi connectivity index (χ1) is 9.87. The van der Waals surface area contributed by atoms with E-state index in [1.807, 2.05) is 13.8 Å². The van der Waals surface area contributed by atoms with E-state index in [0.29, 0.717) is 6.42 Å². The van der Waals surface area contributed by atoms with Crippen LogP contribution in [0.3, 0.4) is 0 Å². The van der Waals surface area contributed by atoms with Crippen LogP contribution in [0.5, 0.6) is 0 Å². The first-order valence-electron chi connectivity index (χ1n) is 6.69. The van der Waals surface area contributed by atoms with Gasteiger partial charge in [-0.15, -0.1) is 0 Å². The summed E-state index contributed by atoms with van der Waals surface area (Å²) >= 11 is 0. The largest absolute Gasteiger partial charge is 0.467 e. The maximum Gasteiger partial charge on any atom is 0.328 e. The van der Waals surface area contributed by atoms with Gasteiger partial charge in [0.15, 0.2) is 0 Å². The van der Waals surface area contributed by atoms with E-state index in [1.54, 1.807) is 0 Å². The number of methoxy groups -OCH3 is 1. The van der Waals surface area contributed by atoms with Crippen LogP contribution in [0.2, 0.25) is 0 Å². The van der Waals surface area contributed by atoms with E-state index < -0.39 is 29.6 Å². The second kappa shape index (κ2) is 7.71. The topological polar surface area (TPSA) is 55.4 Å². The third kappa shape index (κ3) is 5.13. The Bertz CT molecular complexity index is 499. The molecule has 0 unspecified atom stereocenters. The lowest BCUT2D eigenvalue weighted by Gasteiger charge is -2.21. The van der Waals surface area contributed by atoms with E-state index in [1.165, 1.54) is 7.11 Å². The molecule has 0 fully saturated rings. The molecule has 4 nitrogen and oxygen atoms in total. The Balaban J connectivity index is 2.75. The summed E-state index contributed by atoms with van der Waals surface area (Å²) in [6.07, 6.45) is 0.466. The van der Waals surface area contributed by atoms with Crippen molar-refractivity contribution in [2.75, 3.05) is 7.11 Å². The molecule has 0 saturated heterocycles. The number of halogens is 2. The van der Waals surface area contributed by atoms with Gasteiger partial charge in [0.25, 0.3) is 0 Å². The van der Waals surface area contributed by atoms with Crippen molar-refractivity contribution in [3.63, 3.8) is 0 Å². The molecule has 0 radical (unpaired) electrons. The number of benzene rings is 1. The fourth-order valence-electron chi connectivity index (χ4n) is 1.92. The average Bonchev–Trinajstić information content (AvgIpc) is 2.41. The summed E-state index contributed by atoms with van der Waals surface area (Å²) in [5.41, 5.74) is 0.206. The number of hydrogen-bond donors (Lipinski definition) is 1. The van der Waals surface area contributed by atoms with Gasteiger partial charge < -0.3 is 10.1 Å². The van der Waals surface area contributed by atoms with Crippen LogP contribution in [0.25, 0.3) is 0 Å². The molecular formula is C15H19F2NO3. The zero-order valence-electron chi connectivity index (χ0n) is 12.3. The van der Waals surface area contributed by atoms with Gasteiger partial charge in [-0.1, -0.05) is 20.3 Å². The minimum absolute atomic E-state index is 0.106. The van der Waals surface area contributed by atoms with Gasteiger partial charge in [0.05, 0.1) is 13.5 Å². The van der Waals surface area contributed by atoms with E-state index in [0.717, 1.165) is 18.2 Å². The number of rotatable bonds is 6. The predicted molar refractivity (Wildman–Crippen MR) is 73.5 cm³/mol. The highest BCUT2D eigenvalue weighted by molar-refractivity contribution is 5.85. The van der Waals surface area contributed by atoms with Crippen molar-refractivity contribution >= 4 is 11.9 Å². The van der Waals surface area contributed by atoms with E-state index >= 15 is 0 Å². The molecule has 0 saturated carbocycles. The zero-order valence-corrected chi connectivity index (χ0v) is 12.3. The Morgan fingerprint density at radius 1 is 1.24 bits per heavy atom. The van der Waals surface area contributed by atoms with Crippen LogP contribution in [-0.2, 0) is 20.7 Å². The molecular weight excluding hydrogens is 280 g/mol. The normalized spacial score (nSPS) is 13.4. The van der Waals surface area contributed by atoms with Gasteiger partial charge in [-0.3, -0.25) is 4.79 Å². The number of hydrogen-bond acceptors (Lipinski definition) is 3. The van der Waals surface area contributed by atoms with Crippen molar-refractivity contribution in [2.45, 2.75) is 32.7 Å². The first kappa shape index (κ1) is 17.1. The molecule has 0 heterocycles. The van der Waals surface area contributed by atoms with Crippen molar-refractivity contribution in [1.82, 2.24) is 5.32 Å². The van der Waals surface area contributed by atoms with Crippen molar-refractivity contribution in [2.24, 2.45) is 5.92 Å². The molecule has 6 heteroatoms. The highest BCUT2D eigenvalue weighted by atomic mass is 19.1. The Hall–Kier alpha value is -1.98. The fourth-order valence-corrected chi connectivity index (χ4v) is 1.92. The smallest absolute Gasteiger partial charge is 0.328 e. The van der Waals surface area contributed by atoms with Gasteiger partial charge in [0, 0.05) is 6.07 Å². The minimum Gasteiger partial charge on any atom is -0.467 e. The summed E-state index contributed by atoms with van der Waals surface area (Å²) in [4.78, 5) is 23.6. The van der Waals surface area contributed by atoms with Crippen LogP contribution in [0.15, 0.2) is 18.2 Å². The van der Waals surface area contributed by atoms with Crippen LogP contribution in [0, 0.1) is 17.6 Å². The number of carbonyl (C=O) groups excluding carboxylic acids is 2. The molecule has 1 N–H and O–H groups in total. The lowest BCUT2D eigenvalue weighted by molar-refractivity contribution is -0.146. The molecule has 1 rings (SSSR count). The molecule has 21 heavy (non-hydrogen) atoms. The van der Waals surface area contributed by atoms with Gasteiger partial charge in [-0.05, 0) is 23.6 Å². The summed E-state index contributed by atoms with van der Waals surface area (Å²) in [6.45, 7) is 3.69. The van der Waals surface area contributed by atoms with Crippen molar-refractivity contribution < 1.29 is 23.1 Å². The lowest BCUT2D eigenvalue weighted by Crippen LogP contribution is -2.46. The van der Waals surface area contributed by atoms with Crippen molar-refractivity contribution in [3.05, 3.63) is 35.4 Å². The van der Waals surface area contributed by atoms with Crippen LogP contribution < -0.4 is 5.32 Å². The Labute approximate surface area is 122 Å². The molecule has 1 aromatic rings. The quantitative estimate of drug-likeness (QED) is 0.819. The van der Waals surface area contributed by atoms with Gasteiger partial charge >= 0.3 is 5.97 Å². The highest BCUT2D eigenvalue weighted by Gasteiger charge is 2.26. The molecule has 0 aliphatic rings. The van der Waals surface area contributed by atoms with Crippen LogP contribution in [0.4, 0.5) is 8.78 Å². The monoisotopic (exact) mass is 299 g/mol. The van der Waals surface area contributed by atoms with Gasteiger partial charge in [0.1, 0.15) is 17.7 Å². The summed E-state index contributed by atoms with van der Waals surface area (Å²) in [7, 11) is 1.24. The molecule has 1 amide bonds. The summed E-state index contributed by atoms with van der Waals surface area (Å²) in [6, 6.07) is 2.13. The summed E-state index contributed by atoms with van der Waals surface area (Å²) in [5, 5.41) is 2.55. The van der Waals surface area contributed by atoms with E-state index in [9.17, 15) is 18.4 Å². The van der Waals surface area contributed by atoms with Gasteiger partial charge in [-0.2, -0.15) is 0 Å². The number of amides is 1. The van der Waals surface area contributed by atoms with E-state index in [2.05, 4.69) is 10.1 Å². The molecule has 0 spiro atoms. The molecule has 0 aromatic heterocycles. The fraction of sp³-hybridized carbons (Fsp3) is 0.467. The molecule has 0 aliphatic carbocycles. The molecule has 0 aliphatic heterocycles. The standard InChI is InChI=1S/C15H19F2NO3/c1-4-9(2)14(15(20)21-3)18-13(19)7-10-5-11(16)8-12(17)6-10/h5-6,8-9,14H,4,7H2,1-3H3,(H,18,19)/t9-,14+/m0/s1. The third-order valence-electron chi connectivity index (χ3n) is 3.27. The minimum atomic E-state index is -0.772. The summed E-state index contributed by atoms with van der Waals surface area (Å²) < 4.78 is 30.8. The second-order valence-electron chi connectivity index (χ2n) is 4.91. The van der Waals surface area contributed by atoms with Crippen LogP contribution in [0.1, 0.15) is 25.8 Å². The van der Waals surface area contributed by atoms with E-state index in [4.69, 9.17) is 0 Å². The number of carbonyl (C=O) groups is 2. The number of nitrogens with one attached hydrogen (secondary N) is 1. The molecule has 1 aromatic carbocycles. The Morgan fingerprint density at radius 3 is 2.29 bits per heavy atom. The summed E-state index contributed by atoms with van der Waals surface area (Å²) in [5.74, 6) is -2.63. The van der Waals surface area contributed by atoms with Crippen LogP contribution in [-0.4, -0.2) is 25.0 Å². The second-order valence-corrected chi connectivity index (χ2v) is 4.91. The molecule has 116 valence electrons. The van der Waals surface area contributed by atoms with E-state index in [-0.39, 0.29) is 17.9 Å². The number of esters is 1. The van der Waals surface area contributed by atoms with Gasteiger partial charge in [-0.25, -0.2) is 13.6 Å². The van der Waals surface area contributed by atoms with Crippen molar-refractivity contribution in [1.29, 1.82) is 0 Å². The highest BCUT2D eigenvalue weighted by Crippen LogP contribution is 2.11. The average molecular weight is 299 g/mol. The zero-order chi connectivity index (χ0) is 16.0. The van der Waals surface area contributed by atoms with Crippen molar-refractivity contribution in [3.8, 4) is 0 Å². The molecule has 2 atom stereocenters. The molecule has 0 bridgehead atoms. The Kier molecular flexibility index (Phi) is 6.27.